The Hall–Kier alpha value is -2.50. The van der Waals surface area contributed by atoms with Crippen LogP contribution in [-0.2, 0) is 11.3 Å². The van der Waals surface area contributed by atoms with Crippen molar-refractivity contribution < 1.29 is 9.13 Å². The van der Waals surface area contributed by atoms with Crippen molar-refractivity contribution in [3.8, 4) is 16.9 Å². The fourth-order valence-corrected chi connectivity index (χ4v) is 3.32. The number of nitrogens with zero attached hydrogens (tertiary/aromatic N) is 3. The summed E-state index contributed by atoms with van der Waals surface area (Å²) >= 11 is 0. The normalized spacial score (nSPS) is 15.3. The van der Waals surface area contributed by atoms with Crippen LogP contribution < -0.4 is 0 Å². The van der Waals surface area contributed by atoms with Crippen LogP contribution >= 0.6 is 0 Å². The standard InChI is InChI=1S/C21H22FN3O/c1-16-6-8-18(9-7-16)25-21(19-4-2-3-5-20(19)22)17(14-23-25)15-24-10-12-26-13-11-24/h2-9,14H,10-13,15H2,1H3. The lowest BCUT2D eigenvalue weighted by molar-refractivity contribution is 0.0342. The van der Waals surface area contributed by atoms with Crippen LogP contribution in [0.1, 0.15) is 11.1 Å². The van der Waals surface area contributed by atoms with Crippen LogP contribution in [0.5, 0.6) is 0 Å². The fraction of sp³-hybridized carbons (Fsp3) is 0.286. The number of halogens is 1. The summed E-state index contributed by atoms with van der Waals surface area (Å²) in [7, 11) is 0. The molecule has 3 aromatic rings. The first-order valence-electron chi connectivity index (χ1n) is 8.91. The summed E-state index contributed by atoms with van der Waals surface area (Å²) in [5.74, 6) is -0.232. The predicted molar refractivity (Wildman–Crippen MR) is 99.8 cm³/mol. The first kappa shape index (κ1) is 16.9. The van der Waals surface area contributed by atoms with Gasteiger partial charge in [-0.2, -0.15) is 5.10 Å². The molecular weight excluding hydrogens is 329 g/mol. The van der Waals surface area contributed by atoms with Gasteiger partial charge in [-0.05, 0) is 31.2 Å². The van der Waals surface area contributed by atoms with E-state index in [0.29, 0.717) is 5.56 Å². The monoisotopic (exact) mass is 351 g/mol. The Bertz CT molecular complexity index is 883. The molecule has 1 aromatic heterocycles. The summed E-state index contributed by atoms with van der Waals surface area (Å²) in [6, 6.07) is 15.0. The third-order valence-electron chi connectivity index (χ3n) is 4.75. The van der Waals surface area contributed by atoms with Gasteiger partial charge in [0.1, 0.15) is 5.82 Å². The van der Waals surface area contributed by atoms with Crippen molar-refractivity contribution in [1.29, 1.82) is 0 Å². The Labute approximate surface area is 152 Å². The van der Waals surface area contributed by atoms with Gasteiger partial charge in [0.2, 0.25) is 0 Å². The zero-order valence-corrected chi connectivity index (χ0v) is 14.9. The SMILES string of the molecule is Cc1ccc(-n2ncc(CN3CCOCC3)c2-c2ccccc2F)cc1. The highest BCUT2D eigenvalue weighted by Gasteiger charge is 2.20. The second-order valence-corrected chi connectivity index (χ2v) is 6.63. The third kappa shape index (κ3) is 3.41. The molecule has 0 bridgehead atoms. The molecule has 0 radical (unpaired) electrons. The fourth-order valence-electron chi connectivity index (χ4n) is 3.32. The van der Waals surface area contributed by atoms with Crippen LogP contribution in [-0.4, -0.2) is 41.0 Å². The minimum absolute atomic E-state index is 0.232. The van der Waals surface area contributed by atoms with Crippen LogP contribution in [0.3, 0.4) is 0 Å². The molecule has 4 rings (SSSR count). The van der Waals surface area contributed by atoms with Crippen LogP contribution in [0.2, 0.25) is 0 Å². The highest BCUT2D eigenvalue weighted by atomic mass is 19.1. The average Bonchev–Trinajstić information content (AvgIpc) is 3.07. The Morgan fingerprint density at radius 1 is 1.04 bits per heavy atom. The smallest absolute Gasteiger partial charge is 0.132 e. The summed E-state index contributed by atoms with van der Waals surface area (Å²) in [5.41, 5.74) is 4.54. The number of morpholine rings is 1. The largest absolute Gasteiger partial charge is 0.379 e. The molecule has 1 aliphatic rings. The number of hydrogen-bond donors (Lipinski definition) is 0. The molecule has 5 heteroatoms. The Morgan fingerprint density at radius 3 is 2.50 bits per heavy atom. The van der Waals surface area contributed by atoms with E-state index in [2.05, 4.69) is 16.9 Å². The highest BCUT2D eigenvalue weighted by molar-refractivity contribution is 5.66. The molecule has 1 saturated heterocycles. The summed E-state index contributed by atoms with van der Waals surface area (Å²) in [6.07, 6.45) is 1.86. The molecule has 0 atom stereocenters. The molecule has 26 heavy (non-hydrogen) atoms. The van der Waals surface area contributed by atoms with Gasteiger partial charge in [0, 0.05) is 30.8 Å². The van der Waals surface area contributed by atoms with Crippen molar-refractivity contribution in [3.63, 3.8) is 0 Å². The molecule has 0 N–H and O–H groups in total. The van der Waals surface area contributed by atoms with Crippen molar-refractivity contribution in [2.75, 3.05) is 26.3 Å². The molecule has 0 spiro atoms. The van der Waals surface area contributed by atoms with Gasteiger partial charge in [-0.1, -0.05) is 29.8 Å². The van der Waals surface area contributed by atoms with Crippen molar-refractivity contribution in [3.05, 3.63) is 71.7 Å². The number of rotatable bonds is 4. The van der Waals surface area contributed by atoms with Crippen LogP contribution in [0.25, 0.3) is 16.9 Å². The zero-order valence-electron chi connectivity index (χ0n) is 14.9. The van der Waals surface area contributed by atoms with Crippen molar-refractivity contribution in [2.24, 2.45) is 0 Å². The van der Waals surface area contributed by atoms with E-state index in [4.69, 9.17) is 4.74 Å². The zero-order chi connectivity index (χ0) is 17.9. The molecule has 1 aliphatic heterocycles. The lowest BCUT2D eigenvalue weighted by Crippen LogP contribution is -2.35. The van der Waals surface area contributed by atoms with E-state index in [1.165, 1.54) is 11.6 Å². The van der Waals surface area contributed by atoms with Crippen LogP contribution in [0.15, 0.2) is 54.7 Å². The Kier molecular flexibility index (Phi) is 4.82. The molecule has 4 nitrogen and oxygen atoms in total. The summed E-state index contributed by atoms with van der Waals surface area (Å²) < 4.78 is 21.9. The molecule has 0 amide bonds. The summed E-state index contributed by atoms with van der Waals surface area (Å²) in [6.45, 7) is 6.02. The predicted octanol–water partition coefficient (Wildman–Crippen LogP) is 3.82. The maximum absolute atomic E-state index is 14.6. The van der Waals surface area contributed by atoms with Gasteiger partial charge >= 0.3 is 0 Å². The second kappa shape index (κ2) is 7.40. The number of hydrogen-bond acceptors (Lipinski definition) is 3. The highest BCUT2D eigenvalue weighted by Crippen LogP contribution is 2.30. The molecular formula is C21H22FN3O. The van der Waals surface area contributed by atoms with Gasteiger partial charge in [0.15, 0.2) is 0 Å². The minimum Gasteiger partial charge on any atom is -0.379 e. The van der Waals surface area contributed by atoms with Gasteiger partial charge in [0.25, 0.3) is 0 Å². The first-order valence-corrected chi connectivity index (χ1v) is 8.91. The molecule has 2 heterocycles. The molecule has 0 unspecified atom stereocenters. The molecule has 0 saturated carbocycles. The van der Waals surface area contributed by atoms with E-state index in [0.717, 1.165) is 49.8 Å². The molecule has 134 valence electrons. The second-order valence-electron chi connectivity index (χ2n) is 6.63. The lowest BCUT2D eigenvalue weighted by atomic mass is 10.1. The molecule has 0 aliphatic carbocycles. The van der Waals surface area contributed by atoms with E-state index >= 15 is 0 Å². The number of aromatic nitrogens is 2. The summed E-state index contributed by atoms with van der Waals surface area (Å²) in [5, 5.41) is 4.59. The average molecular weight is 351 g/mol. The van der Waals surface area contributed by atoms with Crippen LogP contribution in [0.4, 0.5) is 4.39 Å². The van der Waals surface area contributed by atoms with Gasteiger partial charge in [-0.15, -0.1) is 0 Å². The Balaban J connectivity index is 1.79. The quantitative estimate of drug-likeness (QED) is 0.716. The van der Waals surface area contributed by atoms with Crippen molar-refractivity contribution in [2.45, 2.75) is 13.5 Å². The minimum atomic E-state index is -0.232. The van der Waals surface area contributed by atoms with Crippen molar-refractivity contribution >= 4 is 0 Å². The topological polar surface area (TPSA) is 30.3 Å². The van der Waals surface area contributed by atoms with Gasteiger partial charge in [0.05, 0.1) is 30.8 Å². The molecule has 2 aromatic carbocycles. The number of benzene rings is 2. The van der Waals surface area contributed by atoms with E-state index in [9.17, 15) is 4.39 Å². The van der Waals surface area contributed by atoms with Gasteiger partial charge in [-0.25, -0.2) is 9.07 Å². The number of aryl methyl sites for hydroxylation is 1. The Morgan fingerprint density at radius 2 is 1.77 bits per heavy atom. The first-order chi connectivity index (χ1) is 12.7. The van der Waals surface area contributed by atoms with Crippen molar-refractivity contribution in [1.82, 2.24) is 14.7 Å². The number of ether oxygens (including phenoxy) is 1. The van der Waals surface area contributed by atoms with E-state index in [-0.39, 0.29) is 5.82 Å². The maximum atomic E-state index is 14.6. The van der Waals surface area contributed by atoms with Gasteiger partial charge in [-0.3, -0.25) is 4.90 Å². The third-order valence-corrected chi connectivity index (χ3v) is 4.75. The van der Waals surface area contributed by atoms with Gasteiger partial charge < -0.3 is 4.74 Å². The maximum Gasteiger partial charge on any atom is 0.132 e. The van der Waals surface area contributed by atoms with E-state index in [1.807, 2.05) is 47.3 Å². The van der Waals surface area contributed by atoms with E-state index in [1.54, 1.807) is 6.07 Å². The lowest BCUT2D eigenvalue weighted by Gasteiger charge is -2.26. The molecule has 1 fully saturated rings. The van der Waals surface area contributed by atoms with E-state index < -0.39 is 0 Å². The van der Waals surface area contributed by atoms with Crippen LogP contribution in [0, 0.1) is 12.7 Å². The summed E-state index contributed by atoms with van der Waals surface area (Å²) in [4.78, 5) is 2.32.